The number of carbonyl (C=O) groups excluding carboxylic acids is 1. The highest BCUT2D eigenvalue weighted by atomic mass is 32.2. The first-order valence-corrected chi connectivity index (χ1v) is 7.95. The van der Waals surface area contributed by atoms with Crippen LogP contribution < -0.4 is 0 Å². The Balaban J connectivity index is 2.26. The number of fused-ring (bicyclic) bond motifs is 1. The van der Waals surface area contributed by atoms with Gasteiger partial charge in [-0.2, -0.15) is 11.8 Å². The van der Waals surface area contributed by atoms with Gasteiger partial charge in [-0.1, -0.05) is 26.0 Å². The molecule has 4 heteroatoms. The van der Waals surface area contributed by atoms with Crippen molar-refractivity contribution >= 4 is 28.6 Å². The number of rotatable bonds is 7. The van der Waals surface area contributed by atoms with Crippen molar-refractivity contribution in [1.29, 1.82) is 0 Å². The number of thioether (sulfide) groups is 1. The van der Waals surface area contributed by atoms with Crippen molar-refractivity contribution in [3.8, 4) is 0 Å². The van der Waals surface area contributed by atoms with Crippen molar-refractivity contribution in [1.82, 2.24) is 9.55 Å². The molecule has 0 amide bonds. The maximum Gasteiger partial charge on any atom is 0.150 e. The Kier molecular flexibility index (Phi) is 5.02. The largest absolute Gasteiger partial charge is 0.328 e. The summed E-state index contributed by atoms with van der Waals surface area (Å²) in [4.78, 5) is 16.5. The summed E-state index contributed by atoms with van der Waals surface area (Å²) in [5.41, 5.74) is 2.12. The molecule has 0 spiro atoms. The molecule has 0 aliphatic carbocycles. The molecule has 1 aromatic carbocycles. The molecule has 19 heavy (non-hydrogen) atoms. The fourth-order valence-corrected chi connectivity index (χ4v) is 2.71. The van der Waals surface area contributed by atoms with Crippen LogP contribution in [0.2, 0.25) is 0 Å². The van der Waals surface area contributed by atoms with E-state index in [4.69, 9.17) is 0 Å². The van der Waals surface area contributed by atoms with Crippen LogP contribution in [-0.2, 0) is 17.8 Å². The van der Waals surface area contributed by atoms with Crippen LogP contribution in [0.1, 0.15) is 26.1 Å². The predicted octanol–water partition coefficient (Wildman–Crippen LogP) is 3.31. The predicted molar refractivity (Wildman–Crippen MR) is 81.7 cm³/mol. The van der Waals surface area contributed by atoms with Gasteiger partial charge in [-0.15, -0.1) is 0 Å². The summed E-state index contributed by atoms with van der Waals surface area (Å²) in [6.45, 7) is 5.14. The molecule has 1 aromatic heterocycles. The van der Waals surface area contributed by atoms with Crippen molar-refractivity contribution in [2.24, 2.45) is 0 Å². The average molecular weight is 276 g/mol. The summed E-state index contributed by atoms with van der Waals surface area (Å²) in [6, 6.07) is 8.10. The van der Waals surface area contributed by atoms with E-state index in [1.54, 1.807) is 11.8 Å². The van der Waals surface area contributed by atoms with Gasteiger partial charge in [-0.3, -0.25) is 4.79 Å². The number of carbonyl (C=O) groups is 1. The van der Waals surface area contributed by atoms with Gasteiger partial charge in [0.25, 0.3) is 0 Å². The third-order valence-electron chi connectivity index (χ3n) is 3.00. The Morgan fingerprint density at radius 2 is 2.11 bits per heavy atom. The molecule has 0 unspecified atom stereocenters. The highest BCUT2D eigenvalue weighted by Crippen LogP contribution is 2.17. The second kappa shape index (κ2) is 6.75. The second-order valence-electron chi connectivity index (χ2n) is 4.52. The SMILES string of the molecule is CCCn1c(CC(=O)CSCC)nc2ccccc21. The van der Waals surface area contributed by atoms with E-state index in [0.717, 1.165) is 35.6 Å². The minimum Gasteiger partial charge on any atom is -0.328 e. The third kappa shape index (κ3) is 3.38. The number of benzene rings is 1. The van der Waals surface area contributed by atoms with Crippen LogP contribution in [0.4, 0.5) is 0 Å². The monoisotopic (exact) mass is 276 g/mol. The van der Waals surface area contributed by atoms with E-state index in [2.05, 4.69) is 29.5 Å². The van der Waals surface area contributed by atoms with E-state index in [-0.39, 0.29) is 5.78 Å². The molecule has 0 aliphatic heterocycles. The topological polar surface area (TPSA) is 34.9 Å². The number of hydrogen-bond donors (Lipinski definition) is 0. The summed E-state index contributed by atoms with van der Waals surface area (Å²) in [5.74, 6) is 2.74. The molecule has 3 nitrogen and oxygen atoms in total. The molecule has 0 bridgehead atoms. The molecule has 2 aromatic rings. The van der Waals surface area contributed by atoms with Gasteiger partial charge in [0.2, 0.25) is 0 Å². The maximum atomic E-state index is 11.9. The molecule has 0 aliphatic rings. The van der Waals surface area contributed by atoms with Crippen LogP contribution in [-0.4, -0.2) is 26.8 Å². The first-order chi connectivity index (χ1) is 9.26. The molecule has 0 saturated heterocycles. The lowest BCUT2D eigenvalue weighted by Crippen LogP contribution is -2.12. The second-order valence-corrected chi connectivity index (χ2v) is 5.80. The van der Waals surface area contributed by atoms with Gasteiger partial charge in [0.05, 0.1) is 23.2 Å². The van der Waals surface area contributed by atoms with Crippen molar-refractivity contribution in [2.75, 3.05) is 11.5 Å². The first kappa shape index (κ1) is 14.1. The minimum atomic E-state index is 0.263. The molecule has 102 valence electrons. The number of aryl methyl sites for hydroxylation is 1. The fraction of sp³-hybridized carbons (Fsp3) is 0.467. The zero-order valence-electron chi connectivity index (χ0n) is 11.6. The Hall–Kier alpha value is -1.29. The summed E-state index contributed by atoms with van der Waals surface area (Å²) >= 11 is 1.67. The van der Waals surface area contributed by atoms with E-state index >= 15 is 0 Å². The molecule has 0 atom stereocenters. The van der Waals surface area contributed by atoms with Crippen LogP contribution in [0.3, 0.4) is 0 Å². The number of aromatic nitrogens is 2. The quantitative estimate of drug-likeness (QED) is 0.778. The summed E-state index contributed by atoms with van der Waals surface area (Å²) in [6.07, 6.45) is 1.49. The highest BCUT2D eigenvalue weighted by molar-refractivity contribution is 7.99. The summed E-state index contributed by atoms with van der Waals surface area (Å²) in [5, 5.41) is 0. The van der Waals surface area contributed by atoms with Gasteiger partial charge < -0.3 is 4.57 Å². The van der Waals surface area contributed by atoms with E-state index < -0.39 is 0 Å². The van der Waals surface area contributed by atoms with Gasteiger partial charge in [-0.25, -0.2) is 4.98 Å². The van der Waals surface area contributed by atoms with Crippen LogP contribution in [0.15, 0.2) is 24.3 Å². The van der Waals surface area contributed by atoms with Crippen molar-refractivity contribution in [3.63, 3.8) is 0 Å². The van der Waals surface area contributed by atoms with Gasteiger partial charge in [0.15, 0.2) is 0 Å². The van der Waals surface area contributed by atoms with Gasteiger partial charge in [-0.05, 0) is 24.3 Å². The standard InChI is InChI=1S/C15H20N2OS/c1-3-9-17-14-8-6-5-7-13(14)16-15(17)10-12(18)11-19-4-2/h5-8H,3-4,9-11H2,1-2H3. The number of ketones is 1. The Morgan fingerprint density at radius 1 is 1.32 bits per heavy atom. The van der Waals surface area contributed by atoms with E-state index in [1.807, 2.05) is 18.2 Å². The lowest BCUT2D eigenvalue weighted by Gasteiger charge is -2.07. The van der Waals surface area contributed by atoms with Crippen LogP contribution in [0.25, 0.3) is 11.0 Å². The third-order valence-corrected chi connectivity index (χ3v) is 3.94. The zero-order chi connectivity index (χ0) is 13.7. The van der Waals surface area contributed by atoms with Crippen LogP contribution >= 0.6 is 11.8 Å². The van der Waals surface area contributed by atoms with E-state index in [9.17, 15) is 4.79 Å². The number of nitrogens with zero attached hydrogens (tertiary/aromatic N) is 2. The Morgan fingerprint density at radius 3 is 2.84 bits per heavy atom. The van der Waals surface area contributed by atoms with Crippen LogP contribution in [0, 0.1) is 0 Å². The lowest BCUT2D eigenvalue weighted by molar-refractivity contribution is -0.116. The van der Waals surface area contributed by atoms with Crippen molar-refractivity contribution in [2.45, 2.75) is 33.2 Å². The minimum absolute atomic E-state index is 0.263. The molecule has 0 N–H and O–H groups in total. The average Bonchev–Trinajstić information content (AvgIpc) is 2.75. The molecule has 0 saturated carbocycles. The number of hydrogen-bond acceptors (Lipinski definition) is 3. The molecule has 0 radical (unpaired) electrons. The Labute approximate surface area is 118 Å². The van der Waals surface area contributed by atoms with E-state index in [1.165, 1.54) is 0 Å². The van der Waals surface area contributed by atoms with Crippen molar-refractivity contribution < 1.29 is 4.79 Å². The normalized spacial score (nSPS) is 11.1. The lowest BCUT2D eigenvalue weighted by atomic mass is 10.3. The number of para-hydroxylation sites is 2. The zero-order valence-corrected chi connectivity index (χ0v) is 12.4. The molecular weight excluding hydrogens is 256 g/mol. The molecule has 2 rings (SSSR count). The van der Waals surface area contributed by atoms with Gasteiger partial charge >= 0.3 is 0 Å². The molecule has 1 heterocycles. The maximum absolute atomic E-state index is 11.9. The highest BCUT2D eigenvalue weighted by Gasteiger charge is 2.13. The van der Waals surface area contributed by atoms with Crippen LogP contribution in [0.5, 0.6) is 0 Å². The number of imidazole rings is 1. The number of Topliss-reactive ketones (excluding diaryl/α,β-unsaturated/α-hetero) is 1. The molecule has 0 fully saturated rings. The van der Waals surface area contributed by atoms with Crippen molar-refractivity contribution in [3.05, 3.63) is 30.1 Å². The van der Waals surface area contributed by atoms with Gasteiger partial charge in [0.1, 0.15) is 11.6 Å². The smallest absolute Gasteiger partial charge is 0.150 e. The Bertz CT molecular complexity index is 562. The molecular formula is C15H20N2OS. The van der Waals surface area contributed by atoms with E-state index in [0.29, 0.717) is 12.2 Å². The summed E-state index contributed by atoms with van der Waals surface area (Å²) < 4.78 is 2.18. The summed E-state index contributed by atoms with van der Waals surface area (Å²) in [7, 11) is 0. The van der Waals surface area contributed by atoms with Gasteiger partial charge in [0, 0.05) is 6.54 Å². The fourth-order valence-electron chi connectivity index (χ4n) is 2.18. The first-order valence-electron chi connectivity index (χ1n) is 6.79.